The molecule has 1 aromatic rings. The van der Waals surface area contributed by atoms with Gasteiger partial charge in [-0.1, -0.05) is 25.1 Å². The molecule has 0 aliphatic rings. The summed E-state index contributed by atoms with van der Waals surface area (Å²) < 4.78 is 16.6. The van der Waals surface area contributed by atoms with Crippen molar-refractivity contribution in [2.24, 2.45) is 11.7 Å². The molecule has 98 valence electrons. The van der Waals surface area contributed by atoms with Gasteiger partial charge in [-0.25, -0.2) is 0 Å². The normalized spacial score (nSPS) is 15.9. The summed E-state index contributed by atoms with van der Waals surface area (Å²) in [6, 6.07) is 8.00. The molecule has 0 radical (unpaired) electrons. The van der Waals surface area contributed by atoms with Crippen molar-refractivity contribution >= 4 is 14.4 Å². The average molecular weight is 269 g/mol. The molecule has 2 unspecified atom stereocenters. The van der Waals surface area contributed by atoms with E-state index in [1.165, 1.54) is 0 Å². The maximum absolute atomic E-state index is 11.1. The van der Waals surface area contributed by atoms with E-state index in [4.69, 9.17) is 15.6 Å². The molecule has 0 aromatic heterocycles. The molecule has 3 N–H and O–H groups in total. The largest absolute Gasteiger partial charge is 0.480 e. The Morgan fingerprint density at radius 2 is 2.06 bits per heavy atom. The van der Waals surface area contributed by atoms with Gasteiger partial charge in [-0.2, -0.15) is 0 Å². The van der Waals surface area contributed by atoms with E-state index in [9.17, 15) is 9.36 Å². The van der Waals surface area contributed by atoms with E-state index >= 15 is 0 Å². The van der Waals surface area contributed by atoms with E-state index in [2.05, 4.69) is 0 Å². The van der Waals surface area contributed by atoms with Crippen molar-refractivity contribution in [2.75, 3.05) is 0 Å². The Kier molecular flexibility index (Phi) is 5.75. The van der Waals surface area contributed by atoms with Crippen molar-refractivity contribution in [3.63, 3.8) is 0 Å². The van der Waals surface area contributed by atoms with Crippen molar-refractivity contribution < 1.29 is 19.2 Å². The molecule has 0 saturated heterocycles. The quantitative estimate of drug-likeness (QED) is 0.740. The van der Waals surface area contributed by atoms with E-state index in [1.54, 1.807) is 19.1 Å². The van der Waals surface area contributed by atoms with Crippen LogP contribution in [-0.4, -0.2) is 23.0 Å². The first-order chi connectivity index (χ1) is 8.54. The van der Waals surface area contributed by atoms with Crippen LogP contribution in [0.1, 0.15) is 13.3 Å². The molecule has 5 nitrogen and oxygen atoms in total. The highest BCUT2D eigenvalue weighted by molar-refractivity contribution is 7.24. The zero-order chi connectivity index (χ0) is 13.5. The van der Waals surface area contributed by atoms with Crippen molar-refractivity contribution in [3.8, 4) is 5.75 Å². The maximum Gasteiger partial charge on any atom is 0.320 e. The van der Waals surface area contributed by atoms with Gasteiger partial charge in [0.2, 0.25) is 8.46 Å². The Labute approximate surface area is 107 Å². The third-order valence-electron chi connectivity index (χ3n) is 2.53. The summed E-state index contributed by atoms with van der Waals surface area (Å²) in [7, 11) is -0.184. The fourth-order valence-electron chi connectivity index (χ4n) is 1.50. The van der Waals surface area contributed by atoms with Crippen LogP contribution in [0.4, 0.5) is 0 Å². The second-order valence-corrected chi connectivity index (χ2v) is 4.80. The van der Waals surface area contributed by atoms with Crippen LogP contribution in [0.2, 0.25) is 0 Å². The predicted octanol–water partition coefficient (Wildman–Crippen LogP) is 2.12. The molecule has 1 aromatic carbocycles. The molecule has 0 aliphatic heterocycles. The van der Waals surface area contributed by atoms with Crippen LogP contribution in [0.3, 0.4) is 0 Å². The van der Waals surface area contributed by atoms with Crippen molar-refractivity contribution in [3.05, 3.63) is 30.3 Å². The van der Waals surface area contributed by atoms with Crippen LogP contribution in [0, 0.1) is 5.92 Å². The van der Waals surface area contributed by atoms with Gasteiger partial charge in [-0.05, 0) is 18.6 Å². The Morgan fingerprint density at radius 1 is 1.44 bits per heavy atom. The molecule has 0 bridgehead atoms. The van der Waals surface area contributed by atoms with Gasteiger partial charge < -0.3 is 15.6 Å². The number of ether oxygens (including phenoxy) is 1. The summed E-state index contributed by atoms with van der Waals surface area (Å²) >= 11 is 0. The average Bonchev–Trinajstić information content (AvgIpc) is 2.36. The van der Waals surface area contributed by atoms with Gasteiger partial charge in [-0.15, -0.1) is 0 Å². The molecule has 1 rings (SSSR count). The minimum Gasteiger partial charge on any atom is -0.480 e. The Hall–Kier alpha value is -1.45. The lowest BCUT2D eigenvalue weighted by Crippen LogP contribution is -2.34. The van der Waals surface area contributed by atoms with E-state index in [0.29, 0.717) is 5.75 Å². The van der Waals surface area contributed by atoms with Gasteiger partial charge in [0.15, 0.2) is 5.85 Å². The number of nitrogens with two attached hydrogens (primary N) is 1. The number of aliphatic carboxylic acids is 1. The number of carboxylic acid groups (broad SMARTS) is 1. The van der Waals surface area contributed by atoms with Crippen LogP contribution < -0.4 is 10.5 Å². The van der Waals surface area contributed by atoms with Gasteiger partial charge in [0, 0.05) is 5.92 Å². The molecular formula is C12H16NO4P. The van der Waals surface area contributed by atoms with E-state index in [1.807, 2.05) is 18.2 Å². The molecule has 0 heterocycles. The Bertz CT molecular complexity index is 398. The highest BCUT2D eigenvalue weighted by Crippen LogP contribution is 2.25. The second kappa shape index (κ2) is 7.09. The zero-order valence-corrected chi connectivity index (χ0v) is 10.9. The fourth-order valence-corrected chi connectivity index (χ4v) is 1.99. The summed E-state index contributed by atoms with van der Waals surface area (Å²) in [4.78, 5) is 10.7. The zero-order valence-electron chi connectivity index (χ0n) is 10.0. The monoisotopic (exact) mass is 269 g/mol. The standard InChI is InChI=1S/C12H16NO4P/c1-8(7-10(13)11(14)15)12(18-16)17-9-5-3-2-4-6-9/h2-6,8,10,12H,7,13H2,1H3,(H,14,15)/t8?,10-,12?/m0/s1. The number of carboxylic acids is 1. The number of hydrogen-bond acceptors (Lipinski definition) is 4. The third-order valence-corrected chi connectivity index (χ3v) is 3.36. The first kappa shape index (κ1) is 14.6. The summed E-state index contributed by atoms with van der Waals surface area (Å²) in [6.07, 6.45) is 0.210. The SMILES string of the molecule is CC(C[C@H](N)C(=O)O)C(Oc1ccccc1)P=O. The van der Waals surface area contributed by atoms with Gasteiger partial charge in [-0.3, -0.25) is 9.36 Å². The smallest absolute Gasteiger partial charge is 0.320 e. The number of para-hydroxylation sites is 1. The lowest BCUT2D eigenvalue weighted by atomic mass is 10.0. The molecule has 0 spiro atoms. The molecule has 3 atom stereocenters. The van der Waals surface area contributed by atoms with E-state index in [0.717, 1.165) is 0 Å². The summed E-state index contributed by atoms with van der Waals surface area (Å²) in [5.74, 6) is -1.29. The molecule has 0 fully saturated rings. The molecule has 0 amide bonds. The van der Waals surface area contributed by atoms with Gasteiger partial charge in [0.25, 0.3) is 0 Å². The summed E-state index contributed by atoms with van der Waals surface area (Å²) in [5, 5.41) is 8.73. The highest BCUT2D eigenvalue weighted by Gasteiger charge is 2.24. The number of benzene rings is 1. The van der Waals surface area contributed by atoms with Crippen LogP contribution >= 0.6 is 8.46 Å². The number of hydrogen-bond donors (Lipinski definition) is 2. The van der Waals surface area contributed by atoms with E-state index < -0.39 is 17.9 Å². The van der Waals surface area contributed by atoms with Crippen LogP contribution in [0.25, 0.3) is 0 Å². The molecular weight excluding hydrogens is 253 g/mol. The van der Waals surface area contributed by atoms with E-state index in [-0.39, 0.29) is 20.8 Å². The number of carbonyl (C=O) groups is 1. The van der Waals surface area contributed by atoms with Gasteiger partial charge in [0.05, 0.1) is 0 Å². The minimum absolute atomic E-state index is 0.184. The fraction of sp³-hybridized carbons (Fsp3) is 0.417. The molecule has 0 aliphatic carbocycles. The maximum atomic E-state index is 11.1. The van der Waals surface area contributed by atoms with Crippen LogP contribution in [0.5, 0.6) is 5.75 Å². The highest BCUT2D eigenvalue weighted by atomic mass is 31.1. The van der Waals surface area contributed by atoms with Crippen LogP contribution in [0.15, 0.2) is 30.3 Å². The van der Waals surface area contributed by atoms with Crippen molar-refractivity contribution in [2.45, 2.75) is 25.2 Å². The lowest BCUT2D eigenvalue weighted by molar-refractivity contribution is -0.139. The molecule has 18 heavy (non-hydrogen) atoms. The minimum atomic E-state index is -1.07. The molecule has 0 saturated carbocycles. The number of rotatable bonds is 7. The third kappa shape index (κ3) is 4.43. The predicted molar refractivity (Wildman–Crippen MR) is 67.9 cm³/mol. The first-order valence-electron chi connectivity index (χ1n) is 5.57. The van der Waals surface area contributed by atoms with Gasteiger partial charge in [0.1, 0.15) is 11.8 Å². The lowest BCUT2D eigenvalue weighted by Gasteiger charge is -2.20. The van der Waals surface area contributed by atoms with Crippen molar-refractivity contribution in [1.82, 2.24) is 0 Å². The summed E-state index contributed by atoms with van der Waals surface area (Å²) in [6.45, 7) is 1.77. The Balaban J connectivity index is 2.60. The van der Waals surface area contributed by atoms with Crippen LogP contribution in [-0.2, 0) is 9.36 Å². The van der Waals surface area contributed by atoms with Crippen molar-refractivity contribution in [1.29, 1.82) is 0 Å². The molecule has 6 heteroatoms. The summed E-state index contributed by atoms with van der Waals surface area (Å²) in [5.41, 5.74) is 5.44. The second-order valence-electron chi connectivity index (χ2n) is 4.08. The topological polar surface area (TPSA) is 89.6 Å². The first-order valence-corrected chi connectivity index (χ1v) is 6.45. The Morgan fingerprint density at radius 3 is 2.56 bits per heavy atom. The van der Waals surface area contributed by atoms with Gasteiger partial charge >= 0.3 is 5.97 Å².